The van der Waals surface area contributed by atoms with Crippen LogP contribution in [0, 0.1) is 0 Å². The summed E-state index contributed by atoms with van der Waals surface area (Å²) in [4.78, 5) is 16.1. The Labute approximate surface area is 153 Å². The number of carbonyl (C=O) groups is 1. The van der Waals surface area contributed by atoms with Crippen molar-refractivity contribution in [3.8, 4) is 5.69 Å². The van der Waals surface area contributed by atoms with Crippen LogP contribution in [0.2, 0.25) is 0 Å². The van der Waals surface area contributed by atoms with Gasteiger partial charge in [0.1, 0.15) is 15.8 Å². The molecular formula is C17H12N4O2S2. The third-order valence-corrected chi connectivity index (χ3v) is 4.92. The van der Waals surface area contributed by atoms with Crippen LogP contribution in [0.15, 0.2) is 64.2 Å². The molecule has 2 aromatic heterocycles. The summed E-state index contributed by atoms with van der Waals surface area (Å²) in [5.41, 5.74) is 1.45. The van der Waals surface area contributed by atoms with Gasteiger partial charge in [-0.25, -0.2) is 0 Å². The van der Waals surface area contributed by atoms with Crippen LogP contribution in [0.3, 0.4) is 0 Å². The molecule has 124 valence electrons. The Kier molecular flexibility index (Phi) is 4.21. The molecule has 0 radical (unpaired) electrons. The summed E-state index contributed by atoms with van der Waals surface area (Å²) in [5, 5.41) is 8.62. The zero-order chi connectivity index (χ0) is 17.2. The van der Waals surface area contributed by atoms with Gasteiger partial charge in [0.05, 0.1) is 29.6 Å². The van der Waals surface area contributed by atoms with Gasteiger partial charge in [0.2, 0.25) is 0 Å². The number of para-hydroxylation sites is 1. The third-order valence-electron chi connectivity index (χ3n) is 3.54. The normalized spacial score (nSPS) is 16.2. The highest BCUT2D eigenvalue weighted by molar-refractivity contribution is 8.26. The Morgan fingerprint density at radius 3 is 2.80 bits per heavy atom. The first-order valence-electron chi connectivity index (χ1n) is 7.46. The van der Waals surface area contributed by atoms with Crippen LogP contribution in [0.25, 0.3) is 11.8 Å². The number of rotatable bonds is 4. The van der Waals surface area contributed by atoms with E-state index in [1.165, 1.54) is 21.5 Å². The SMILES string of the molecule is O=C1/C(=C/c2cnn(-c3ccccc3)n2)SC(=S)N1Cc1ccco1. The highest BCUT2D eigenvalue weighted by atomic mass is 32.2. The number of aromatic nitrogens is 3. The van der Waals surface area contributed by atoms with Crippen molar-refractivity contribution in [2.45, 2.75) is 6.54 Å². The molecule has 1 amide bonds. The van der Waals surface area contributed by atoms with E-state index < -0.39 is 0 Å². The largest absolute Gasteiger partial charge is 0.467 e. The number of thioether (sulfide) groups is 1. The maximum absolute atomic E-state index is 12.6. The minimum Gasteiger partial charge on any atom is -0.467 e. The third kappa shape index (κ3) is 3.26. The molecule has 0 bridgehead atoms. The summed E-state index contributed by atoms with van der Waals surface area (Å²) in [7, 11) is 0. The van der Waals surface area contributed by atoms with E-state index in [1.54, 1.807) is 24.6 Å². The number of nitrogens with zero attached hydrogens (tertiary/aromatic N) is 4. The number of furan rings is 1. The predicted octanol–water partition coefficient (Wildman–Crippen LogP) is 3.26. The monoisotopic (exact) mass is 368 g/mol. The minimum absolute atomic E-state index is 0.152. The first kappa shape index (κ1) is 15.8. The molecule has 25 heavy (non-hydrogen) atoms. The fraction of sp³-hybridized carbons (Fsp3) is 0.0588. The topological polar surface area (TPSA) is 64.2 Å². The molecule has 0 aliphatic carbocycles. The summed E-state index contributed by atoms with van der Waals surface area (Å²) in [6.07, 6.45) is 4.89. The van der Waals surface area contributed by atoms with Crippen molar-refractivity contribution in [1.29, 1.82) is 0 Å². The lowest BCUT2D eigenvalue weighted by molar-refractivity contribution is -0.122. The molecule has 0 atom stereocenters. The maximum Gasteiger partial charge on any atom is 0.266 e. The molecule has 3 aromatic rings. The average molecular weight is 368 g/mol. The number of carbonyl (C=O) groups excluding carboxylic acids is 1. The number of thiocarbonyl (C=S) groups is 1. The van der Waals surface area contributed by atoms with Gasteiger partial charge >= 0.3 is 0 Å². The molecule has 0 spiro atoms. The Balaban J connectivity index is 1.55. The van der Waals surface area contributed by atoms with Crippen LogP contribution < -0.4 is 0 Å². The van der Waals surface area contributed by atoms with E-state index in [-0.39, 0.29) is 5.91 Å². The summed E-state index contributed by atoms with van der Waals surface area (Å²) in [5.74, 6) is 0.535. The Morgan fingerprint density at radius 1 is 1.20 bits per heavy atom. The van der Waals surface area contributed by atoms with Gasteiger partial charge in [-0.2, -0.15) is 9.90 Å². The Bertz CT molecular complexity index is 948. The van der Waals surface area contributed by atoms with Crippen LogP contribution in [0.5, 0.6) is 0 Å². The molecule has 0 unspecified atom stereocenters. The summed E-state index contributed by atoms with van der Waals surface area (Å²) >= 11 is 6.56. The van der Waals surface area contributed by atoms with E-state index in [1.807, 2.05) is 36.4 Å². The molecule has 1 aliphatic heterocycles. The van der Waals surface area contributed by atoms with Crippen LogP contribution in [0.4, 0.5) is 0 Å². The Hall–Kier alpha value is -2.71. The number of benzene rings is 1. The van der Waals surface area contributed by atoms with Crippen molar-refractivity contribution < 1.29 is 9.21 Å². The van der Waals surface area contributed by atoms with Gasteiger partial charge in [-0.1, -0.05) is 42.2 Å². The molecular weight excluding hydrogens is 356 g/mol. The van der Waals surface area contributed by atoms with Gasteiger partial charge in [-0.05, 0) is 30.3 Å². The first-order chi connectivity index (χ1) is 12.2. The zero-order valence-electron chi connectivity index (χ0n) is 12.9. The standard InChI is InChI=1S/C17H12N4O2S2/c22-16-15(25-17(24)20(16)11-14-7-4-8-23-14)9-12-10-18-21(19-12)13-5-2-1-3-6-13/h1-10H,11H2/b15-9-. The van der Waals surface area contributed by atoms with Crippen molar-refractivity contribution in [3.05, 3.63) is 71.3 Å². The molecule has 3 heterocycles. The molecule has 1 aliphatic rings. The number of amides is 1. The van der Waals surface area contributed by atoms with Crippen molar-refractivity contribution in [1.82, 2.24) is 19.9 Å². The number of hydrogen-bond acceptors (Lipinski definition) is 6. The second-order valence-corrected chi connectivity index (χ2v) is 6.92. The molecule has 4 rings (SSSR count). The first-order valence-corrected chi connectivity index (χ1v) is 8.69. The molecule has 6 nitrogen and oxygen atoms in total. The van der Waals surface area contributed by atoms with Crippen LogP contribution in [-0.4, -0.2) is 30.1 Å². The highest BCUT2D eigenvalue weighted by Gasteiger charge is 2.32. The summed E-state index contributed by atoms with van der Waals surface area (Å²) in [6, 6.07) is 13.2. The van der Waals surface area contributed by atoms with Crippen molar-refractivity contribution in [3.63, 3.8) is 0 Å². The molecule has 1 saturated heterocycles. The van der Waals surface area contributed by atoms with E-state index in [0.717, 1.165) is 5.69 Å². The highest BCUT2D eigenvalue weighted by Crippen LogP contribution is 2.33. The van der Waals surface area contributed by atoms with E-state index >= 15 is 0 Å². The van der Waals surface area contributed by atoms with Crippen LogP contribution in [0.1, 0.15) is 11.5 Å². The van der Waals surface area contributed by atoms with Gasteiger partial charge in [0.25, 0.3) is 5.91 Å². The van der Waals surface area contributed by atoms with Crippen LogP contribution in [-0.2, 0) is 11.3 Å². The van der Waals surface area contributed by atoms with E-state index in [0.29, 0.717) is 27.2 Å². The van der Waals surface area contributed by atoms with Crippen molar-refractivity contribution in [2.24, 2.45) is 0 Å². The fourth-order valence-corrected chi connectivity index (χ4v) is 3.60. The average Bonchev–Trinajstić information content (AvgIpc) is 3.35. The molecule has 1 aromatic carbocycles. The Morgan fingerprint density at radius 2 is 2.04 bits per heavy atom. The quantitative estimate of drug-likeness (QED) is 0.520. The molecule has 1 fully saturated rings. The van der Waals surface area contributed by atoms with E-state index in [9.17, 15) is 4.79 Å². The van der Waals surface area contributed by atoms with Gasteiger partial charge in [-0.15, -0.1) is 5.10 Å². The summed E-state index contributed by atoms with van der Waals surface area (Å²) < 4.78 is 5.79. The lowest BCUT2D eigenvalue weighted by Gasteiger charge is -2.11. The smallest absolute Gasteiger partial charge is 0.266 e. The van der Waals surface area contributed by atoms with E-state index in [4.69, 9.17) is 16.6 Å². The lowest BCUT2D eigenvalue weighted by Crippen LogP contribution is -2.27. The van der Waals surface area contributed by atoms with Crippen LogP contribution >= 0.6 is 24.0 Å². The lowest BCUT2D eigenvalue weighted by atomic mass is 10.3. The van der Waals surface area contributed by atoms with E-state index in [2.05, 4.69) is 10.2 Å². The van der Waals surface area contributed by atoms with Crippen molar-refractivity contribution in [2.75, 3.05) is 0 Å². The summed E-state index contributed by atoms with van der Waals surface area (Å²) in [6.45, 7) is 0.325. The minimum atomic E-state index is -0.152. The predicted molar refractivity (Wildman–Crippen MR) is 98.8 cm³/mol. The van der Waals surface area contributed by atoms with Gasteiger partial charge in [-0.3, -0.25) is 9.69 Å². The fourth-order valence-electron chi connectivity index (χ4n) is 2.36. The second kappa shape index (κ2) is 6.66. The van der Waals surface area contributed by atoms with Gasteiger partial charge < -0.3 is 4.42 Å². The maximum atomic E-state index is 12.6. The van der Waals surface area contributed by atoms with Gasteiger partial charge in [0.15, 0.2) is 0 Å². The molecule has 8 heteroatoms. The zero-order valence-corrected chi connectivity index (χ0v) is 14.5. The number of hydrogen-bond donors (Lipinski definition) is 0. The second-order valence-electron chi connectivity index (χ2n) is 5.24. The van der Waals surface area contributed by atoms with Gasteiger partial charge in [0, 0.05) is 0 Å². The molecule has 0 N–H and O–H groups in total. The molecule has 0 saturated carbocycles. The van der Waals surface area contributed by atoms with Crippen molar-refractivity contribution >= 4 is 40.3 Å².